The maximum atomic E-state index is 10.4. The average molecular weight is 179 g/mol. The molecule has 2 aromatic rings. The fourth-order valence-electron chi connectivity index (χ4n) is 0.908. The maximum absolute atomic E-state index is 10.4. The molecule has 12 heavy (non-hydrogen) atoms. The smallest absolute Gasteiger partial charge is 0.106 e. The van der Waals surface area contributed by atoms with Crippen LogP contribution in [0.15, 0.2) is 18.2 Å². The summed E-state index contributed by atoms with van der Waals surface area (Å²) in [5.41, 5.74) is 0.733. The van der Waals surface area contributed by atoms with Crippen LogP contribution < -0.4 is 5.11 Å². The van der Waals surface area contributed by atoms with Gasteiger partial charge >= 0.3 is 0 Å². The van der Waals surface area contributed by atoms with Crippen molar-refractivity contribution in [1.29, 1.82) is 0 Å². The minimum Gasteiger partial charge on any atom is -0.545 e. The zero-order chi connectivity index (χ0) is 8.55. The minimum absolute atomic E-state index is 0.134. The summed E-state index contributed by atoms with van der Waals surface area (Å²) in [6.45, 7) is 0. The van der Waals surface area contributed by atoms with Crippen molar-refractivity contribution in [2.45, 2.75) is 0 Å². The summed E-state index contributed by atoms with van der Waals surface area (Å²) in [4.78, 5) is 10.4. The Balaban J connectivity index is 2.68. The van der Waals surface area contributed by atoms with Gasteiger partial charge in [-0.1, -0.05) is 10.6 Å². The molecule has 5 heteroatoms. The largest absolute Gasteiger partial charge is 0.545 e. The number of carboxylic acids is 1. The zero-order valence-corrected chi connectivity index (χ0v) is 6.67. The molecule has 0 aliphatic rings. The second kappa shape index (κ2) is 2.53. The number of fused-ring (bicyclic) bond motifs is 1. The van der Waals surface area contributed by atoms with Gasteiger partial charge in [0, 0.05) is 0 Å². The first-order valence-corrected chi connectivity index (χ1v) is 3.98. The number of nitrogens with zero attached hydrogens (tertiary/aromatic N) is 2. The van der Waals surface area contributed by atoms with E-state index in [4.69, 9.17) is 0 Å². The first-order valence-electron chi connectivity index (χ1n) is 3.21. The van der Waals surface area contributed by atoms with Crippen molar-refractivity contribution in [2.75, 3.05) is 0 Å². The Morgan fingerprint density at radius 3 is 3.08 bits per heavy atom. The molecule has 0 radical (unpaired) electrons. The average Bonchev–Trinajstić information content (AvgIpc) is 2.49. The molecular weight excluding hydrogens is 176 g/mol. The maximum Gasteiger partial charge on any atom is 0.106 e. The Labute approximate surface area is 71.6 Å². The number of hydrogen-bond acceptors (Lipinski definition) is 5. The number of rotatable bonds is 1. The molecule has 60 valence electrons. The molecule has 0 fully saturated rings. The summed E-state index contributed by atoms with van der Waals surface area (Å²) < 4.78 is 4.56. The van der Waals surface area contributed by atoms with Gasteiger partial charge in [0.2, 0.25) is 0 Å². The van der Waals surface area contributed by atoms with Gasteiger partial charge in [0.05, 0.1) is 10.7 Å². The second-order valence-corrected chi connectivity index (χ2v) is 3.03. The Hall–Kier alpha value is -1.49. The van der Waals surface area contributed by atoms with E-state index in [0.717, 1.165) is 4.70 Å². The monoisotopic (exact) mass is 179 g/mol. The van der Waals surface area contributed by atoms with Crippen molar-refractivity contribution in [2.24, 2.45) is 0 Å². The highest BCUT2D eigenvalue weighted by atomic mass is 32.1. The molecule has 0 unspecified atom stereocenters. The third kappa shape index (κ3) is 1.04. The van der Waals surface area contributed by atoms with E-state index < -0.39 is 5.97 Å². The SMILES string of the molecule is O=C([O-])c1ccc2snnc2c1. The Morgan fingerprint density at radius 2 is 2.33 bits per heavy atom. The van der Waals surface area contributed by atoms with Crippen molar-refractivity contribution in [3.63, 3.8) is 0 Å². The normalized spacial score (nSPS) is 10.3. The molecule has 0 atom stereocenters. The van der Waals surface area contributed by atoms with E-state index in [-0.39, 0.29) is 5.56 Å². The molecule has 0 bridgehead atoms. The molecule has 2 rings (SSSR count). The van der Waals surface area contributed by atoms with Gasteiger partial charge in [0.1, 0.15) is 5.52 Å². The summed E-state index contributed by atoms with van der Waals surface area (Å²) in [6.07, 6.45) is 0. The molecule has 1 aromatic carbocycles. The lowest BCUT2D eigenvalue weighted by atomic mass is 10.2. The van der Waals surface area contributed by atoms with Crippen LogP contribution in [-0.2, 0) is 0 Å². The quantitative estimate of drug-likeness (QED) is 0.620. The van der Waals surface area contributed by atoms with Crippen LogP contribution in [0, 0.1) is 0 Å². The Kier molecular flexibility index (Phi) is 1.51. The predicted molar refractivity (Wildman–Crippen MR) is 41.7 cm³/mol. The molecule has 0 spiro atoms. The first kappa shape index (κ1) is 7.17. The molecule has 0 saturated heterocycles. The van der Waals surface area contributed by atoms with Crippen LogP contribution >= 0.6 is 11.5 Å². The number of carboxylic acid groups (broad SMARTS) is 1. The molecule has 0 N–H and O–H groups in total. The summed E-state index contributed by atoms with van der Waals surface area (Å²) in [7, 11) is 0. The van der Waals surface area contributed by atoms with Crippen molar-refractivity contribution in [1.82, 2.24) is 9.59 Å². The number of aromatic carboxylic acids is 1. The van der Waals surface area contributed by atoms with Crippen molar-refractivity contribution >= 4 is 27.7 Å². The van der Waals surface area contributed by atoms with E-state index in [9.17, 15) is 9.90 Å². The van der Waals surface area contributed by atoms with Gasteiger partial charge in [0.25, 0.3) is 0 Å². The van der Waals surface area contributed by atoms with Gasteiger partial charge in [-0.05, 0) is 29.2 Å². The lowest BCUT2D eigenvalue weighted by Gasteiger charge is -1.99. The summed E-state index contributed by atoms with van der Waals surface area (Å²) in [6, 6.07) is 4.61. The fraction of sp³-hybridized carbons (Fsp3) is 0. The number of carbonyl (C=O) groups excluding carboxylic acids is 1. The second-order valence-electron chi connectivity index (χ2n) is 2.24. The van der Waals surface area contributed by atoms with Gasteiger partial charge in [-0.2, -0.15) is 0 Å². The van der Waals surface area contributed by atoms with Crippen LogP contribution in [0.3, 0.4) is 0 Å². The molecule has 0 amide bonds. The summed E-state index contributed by atoms with van der Waals surface area (Å²) >= 11 is 1.23. The van der Waals surface area contributed by atoms with Crippen LogP contribution in [-0.4, -0.2) is 15.6 Å². The number of hydrogen-bond donors (Lipinski definition) is 0. The lowest BCUT2D eigenvalue weighted by molar-refractivity contribution is -0.255. The van der Waals surface area contributed by atoms with E-state index in [2.05, 4.69) is 9.59 Å². The van der Waals surface area contributed by atoms with Crippen LogP contribution in [0.4, 0.5) is 0 Å². The topological polar surface area (TPSA) is 65.9 Å². The standard InChI is InChI=1S/C7H4N2O2S/c10-7(11)4-1-2-6-5(3-4)8-9-12-6/h1-3H,(H,10,11)/p-1. The van der Waals surface area contributed by atoms with Crippen molar-refractivity contribution in [3.05, 3.63) is 23.8 Å². The van der Waals surface area contributed by atoms with Gasteiger partial charge in [-0.3, -0.25) is 0 Å². The van der Waals surface area contributed by atoms with E-state index in [1.165, 1.54) is 23.7 Å². The van der Waals surface area contributed by atoms with Crippen molar-refractivity contribution in [3.8, 4) is 0 Å². The van der Waals surface area contributed by atoms with Gasteiger partial charge < -0.3 is 9.90 Å². The van der Waals surface area contributed by atoms with Gasteiger partial charge in [-0.25, -0.2) is 0 Å². The summed E-state index contributed by atoms with van der Waals surface area (Å²) in [5, 5.41) is 14.1. The highest BCUT2D eigenvalue weighted by molar-refractivity contribution is 7.12. The van der Waals surface area contributed by atoms with Crippen LogP contribution in [0.5, 0.6) is 0 Å². The third-order valence-corrected chi connectivity index (χ3v) is 2.19. The molecule has 0 saturated carbocycles. The highest BCUT2D eigenvalue weighted by Crippen LogP contribution is 2.15. The van der Waals surface area contributed by atoms with Crippen LogP contribution in [0.1, 0.15) is 10.4 Å². The third-order valence-electron chi connectivity index (χ3n) is 1.48. The Bertz CT molecular complexity index is 438. The number of aromatic nitrogens is 2. The van der Waals surface area contributed by atoms with E-state index in [0.29, 0.717) is 5.52 Å². The zero-order valence-electron chi connectivity index (χ0n) is 5.85. The molecule has 4 nitrogen and oxygen atoms in total. The first-order chi connectivity index (χ1) is 5.77. The van der Waals surface area contributed by atoms with E-state index in [1.807, 2.05) is 0 Å². The lowest BCUT2D eigenvalue weighted by Crippen LogP contribution is -2.21. The minimum atomic E-state index is -1.19. The van der Waals surface area contributed by atoms with E-state index >= 15 is 0 Å². The van der Waals surface area contributed by atoms with Crippen LogP contribution in [0.25, 0.3) is 10.2 Å². The predicted octanol–water partition coefficient (Wildman–Crippen LogP) is 0.0548. The number of benzene rings is 1. The van der Waals surface area contributed by atoms with Gasteiger partial charge in [0.15, 0.2) is 0 Å². The highest BCUT2D eigenvalue weighted by Gasteiger charge is 1.99. The number of carbonyl (C=O) groups is 1. The van der Waals surface area contributed by atoms with Gasteiger partial charge in [-0.15, -0.1) is 5.10 Å². The van der Waals surface area contributed by atoms with Crippen LogP contribution in [0.2, 0.25) is 0 Å². The van der Waals surface area contributed by atoms with Crippen molar-refractivity contribution < 1.29 is 9.90 Å². The molecule has 0 aliphatic heterocycles. The molecular formula is C7H3N2O2S-. The summed E-state index contributed by atoms with van der Waals surface area (Å²) in [5.74, 6) is -1.19. The molecule has 1 heterocycles. The molecule has 1 aromatic heterocycles. The Morgan fingerprint density at radius 1 is 1.50 bits per heavy atom. The van der Waals surface area contributed by atoms with E-state index in [1.54, 1.807) is 6.07 Å². The fourth-order valence-corrected chi connectivity index (χ4v) is 1.45. The molecule has 0 aliphatic carbocycles.